The standard InChI is InChI=1S/C25H31ClN2O6.C24H30N2O6.C23H28ClN3O6.C20H22ClNO7/c26-24-19-15-18(27-34-17-22(31)28-12-8-4-5-9-13-28)11-7-3-1-2-6-10-14-33-25(32)23(19)20(29)16-21(24)30;27-20-15-18-14-19(25-32-17-22(29)26-11-7-5-8-12-26)10-6-3-1-2-4-9-13-31-24(30)23(18)21(28)16-20;24-22-17-13-16(26-33-15-20(30)27-10-8-25-9-11-27)7-5-3-1-2-4-6-12-32-23(31)21(17)18(28)14-19(22)29;1-27-17(25)12-29-22-13-8-6-4-2-3-5-7-9-28-20(26)18-14(10-13)19(21)16(24)11-15(18)23/h2,6-7,11,16,29-30H,1,3-5,8-10,12-15,17H2;2,4,6,10,15-16,27-28H,1,3,5,7-9,11-14,17H2;2,4-5,7,14,25,28-29H,1,3,6,8-13,15H2;3,5-6,8,11,23-24H,2,4,7,9-10,12H2,1H3/b6-2+,11-7+,27-18?;4-2+,10-6+,25-19-;4-2+,7-5+,26-16?;5-3+,8-6+,22-13?. The van der Waals surface area contributed by atoms with Crippen molar-refractivity contribution in [1.82, 2.24) is 20.0 Å². The number of allylic oxidation sites excluding steroid dienone is 12. The molecule has 7 aliphatic heterocycles. The molecule has 9 N–H and O–H groups in total. The Bertz CT molecular complexity index is 4860. The van der Waals surface area contributed by atoms with Crippen molar-refractivity contribution >= 4 is 105 Å². The zero-order chi connectivity index (χ0) is 92.0. The molecule has 0 spiro atoms. The molecule has 0 atom stereocenters. The lowest BCUT2D eigenvalue weighted by Crippen LogP contribution is -2.47. The average Bonchev–Trinajstić information content (AvgIpc) is 0.853. The first-order chi connectivity index (χ1) is 61.9. The van der Waals surface area contributed by atoms with Crippen LogP contribution in [-0.2, 0) is 87.9 Å². The highest BCUT2D eigenvalue weighted by Crippen LogP contribution is 2.41. The maximum absolute atomic E-state index is 12.7. The van der Waals surface area contributed by atoms with Gasteiger partial charge in [-0.1, -0.05) is 141 Å². The van der Waals surface area contributed by atoms with E-state index in [-0.39, 0.29) is 167 Å². The van der Waals surface area contributed by atoms with Crippen LogP contribution in [0.25, 0.3) is 0 Å². The van der Waals surface area contributed by atoms with E-state index >= 15 is 0 Å². The minimum Gasteiger partial charge on any atom is -0.508 e. The Morgan fingerprint density at radius 2 is 0.633 bits per heavy atom. The Morgan fingerprint density at radius 1 is 0.352 bits per heavy atom. The van der Waals surface area contributed by atoms with Crippen LogP contribution in [0.1, 0.15) is 186 Å². The summed E-state index contributed by atoms with van der Waals surface area (Å²) in [6, 6.07) is 5.48. The largest absolute Gasteiger partial charge is 0.508 e. The van der Waals surface area contributed by atoms with E-state index in [4.69, 9.17) is 73.1 Å². The number of hydrogen-bond acceptors (Lipinski definition) is 30. The summed E-state index contributed by atoms with van der Waals surface area (Å²) in [6.07, 6.45) is 45.8. The highest BCUT2D eigenvalue weighted by molar-refractivity contribution is 6.35. The smallest absolute Gasteiger partial charge is 0.346 e. The number of nitrogens with one attached hydrogen (secondary N) is 1. The molecule has 128 heavy (non-hydrogen) atoms. The second kappa shape index (κ2) is 55.3. The van der Waals surface area contributed by atoms with E-state index in [0.29, 0.717) is 67.2 Å². The normalized spacial score (nSPS) is 20.5. The minimum absolute atomic E-state index is 0.0184. The zero-order valence-corrected chi connectivity index (χ0v) is 73.8. The molecule has 690 valence electrons. The molecule has 33 nitrogen and oxygen atoms in total. The lowest BCUT2D eigenvalue weighted by atomic mass is 9.99. The monoisotopic (exact) mass is 1830 g/mol. The first kappa shape index (κ1) is 101. The van der Waals surface area contributed by atoms with Gasteiger partial charge >= 0.3 is 29.8 Å². The van der Waals surface area contributed by atoms with Crippen molar-refractivity contribution in [2.45, 2.75) is 148 Å². The molecule has 4 aromatic carbocycles. The van der Waals surface area contributed by atoms with Crippen molar-refractivity contribution in [2.75, 3.05) is 112 Å². The van der Waals surface area contributed by atoms with Crippen LogP contribution in [0, 0.1) is 0 Å². The highest BCUT2D eigenvalue weighted by atomic mass is 35.5. The summed E-state index contributed by atoms with van der Waals surface area (Å²) in [7, 11) is 1.22. The number of piperidine rings is 1. The van der Waals surface area contributed by atoms with Crippen LogP contribution in [0.2, 0.25) is 15.1 Å². The molecular weight excluding hydrogens is 1720 g/mol. The summed E-state index contributed by atoms with van der Waals surface area (Å²) in [5.41, 5.74) is 1.87. The number of halogens is 3. The van der Waals surface area contributed by atoms with Crippen molar-refractivity contribution in [2.24, 2.45) is 20.6 Å². The topological polar surface area (TPSA) is 453 Å². The first-order valence-electron chi connectivity index (χ1n) is 42.5. The summed E-state index contributed by atoms with van der Waals surface area (Å²) in [5, 5.41) is 100. The van der Waals surface area contributed by atoms with E-state index < -0.39 is 59.5 Å². The Kier molecular flexibility index (Phi) is 43.7. The van der Waals surface area contributed by atoms with Crippen molar-refractivity contribution < 1.29 is 122 Å². The summed E-state index contributed by atoms with van der Waals surface area (Å²) in [4.78, 5) is 125. The van der Waals surface area contributed by atoms with Crippen molar-refractivity contribution in [3.8, 4) is 46.0 Å². The van der Waals surface area contributed by atoms with E-state index in [2.05, 4.69) is 30.7 Å². The van der Waals surface area contributed by atoms with Gasteiger partial charge in [-0.2, -0.15) is 0 Å². The van der Waals surface area contributed by atoms with Crippen LogP contribution in [0.3, 0.4) is 0 Å². The number of rotatable bonds is 12. The number of carbonyl (C=O) groups is 8. The third kappa shape index (κ3) is 33.8. The minimum atomic E-state index is -0.774. The van der Waals surface area contributed by atoms with Crippen molar-refractivity contribution in [3.63, 3.8) is 0 Å². The summed E-state index contributed by atoms with van der Waals surface area (Å²) >= 11 is 18.8. The van der Waals surface area contributed by atoms with E-state index in [1.807, 2.05) is 72.9 Å². The Hall–Kier alpha value is -12.3. The fourth-order valence-electron chi connectivity index (χ4n) is 13.6. The van der Waals surface area contributed by atoms with Crippen LogP contribution in [0.15, 0.2) is 148 Å². The molecule has 0 saturated carbocycles. The highest BCUT2D eigenvalue weighted by Gasteiger charge is 2.30. The summed E-state index contributed by atoms with van der Waals surface area (Å²) < 4.78 is 25.5. The molecule has 4 aromatic rings. The van der Waals surface area contributed by atoms with Crippen LogP contribution < -0.4 is 5.32 Å². The van der Waals surface area contributed by atoms with Crippen LogP contribution in [0.4, 0.5) is 0 Å². The molecule has 0 bridgehead atoms. The number of fused-ring (bicyclic) bond motifs is 4. The fourth-order valence-corrected chi connectivity index (χ4v) is 14.3. The molecule has 0 aromatic heterocycles. The number of ether oxygens (including phenoxy) is 5. The summed E-state index contributed by atoms with van der Waals surface area (Å²) in [6.45, 7) is 5.20. The molecule has 0 unspecified atom stereocenters. The number of oxime groups is 4. The summed E-state index contributed by atoms with van der Waals surface area (Å²) in [5.74, 6) is -6.99. The lowest BCUT2D eigenvalue weighted by molar-refractivity contribution is -0.146. The number of cyclic esters (lactones) is 4. The number of carbonyl (C=O) groups excluding carboxylic acids is 8. The Morgan fingerprint density at radius 3 is 0.969 bits per heavy atom. The van der Waals surface area contributed by atoms with Crippen LogP contribution >= 0.6 is 34.8 Å². The average molecular weight is 1840 g/mol. The molecule has 3 amide bonds. The van der Waals surface area contributed by atoms with Gasteiger partial charge in [-0.15, -0.1) is 0 Å². The number of benzene rings is 4. The van der Waals surface area contributed by atoms with E-state index in [1.165, 1.54) is 13.2 Å². The lowest BCUT2D eigenvalue weighted by Gasteiger charge is -2.26. The second-order valence-corrected chi connectivity index (χ2v) is 31.0. The molecular formula is C92H111Cl3N8O25. The molecule has 0 radical (unpaired) electrons. The number of esters is 5. The van der Waals surface area contributed by atoms with E-state index in [9.17, 15) is 79.2 Å². The number of phenols is 8. The Balaban J connectivity index is 0.000000211. The number of aromatic hydroxyl groups is 8. The predicted molar refractivity (Wildman–Crippen MR) is 479 cm³/mol. The maximum Gasteiger partial charge on any atom is 0.346 e. The van der Waals surface area contributed by atoms with Gasteiger partial charge in [-0.3, -0.25) is 14.4 Å². The third-order valence-corrected chi connectivity index (χ3v) is 21.5. The van der Waals surface area contributed by atoms with E-state index in [1.54, 1.807) is 39.0 Å². The zero-order valence-electron chi connectivity index (χ0n) is 71.5. The van der Waals surface area contributed by atoms with Gasteiger partial charge in [0.15, 0.2) is 19.8 Å². The maximum atomic E-state index is 12.7. The SMILES string of the molecule is COC(=O)CON=C1/C=C/CC/C=C/CCOC(=O)c2c(O)cc(O)c(Cl)c2C1.O=C1OCC/C=C/CC/C=C/C(=N/OCC(=O)N2CCCCC2)Cc2cc(O)cc(O)c21.O=C1OCC/C=C/CC/C=C/C(=NOCC(=O)N2CCCCCC2)Cc2c(Cl)c(O)cc(O)c21.O=C1OCC/C=C/CC/C=C/C(=NOCC(=O)N2CCNCC2)Cc2c(Cl)c(O)cc(O)c21. The van der Waals surface area contributed by atoms with E-state index in [0.717, 1.165) is 160 Å². The van der Waals surface area contributed by atoms with Gasteiger partial charge in [0.2, 0.25) is 6.61 Å². The van der Waals surface area contributed by atoms with Gasteiger partial charge in [-0.25, -0.2) is 24.0 Å². The molecule has 11 rings (SSSR count). The van der Waals surface area contributed by atoms with Crippen molar-refractivity contribution in [1.29, 1.82) is 0 Å². The third-order valence-electron chi connectivity index (χ3n) is 20.2. The molecule has 7 aliphatic rings. The van der Waals surface area contributed by atoms with Gasteiger partial charge in [-0.05, 0) is 162 Å². The Labute approximate surface area is 757 Å². The number of methoxy groups -OCH3 is 1. The number of amides is 3. The van der Waals surface area contributed by atoms with Gasteiger partial charge in [0.1, 0.15) is 68.2 Å². The van der Waals surface area contributed by atoms with Crippen LogP contribution in [0.5, 0.6) is 46.0 Å². The molecule has 3 fully saturated rings. The van der Waals surface area contributed by atoms with Gasteiger partial charge in [0.05, 0.1) is 71.5 Å². The molecule has 7 heterocycles. The molecule has 36 heteroatoms. The predicted octanol–water partition coefficient (Wildman–Crippen LogP) is 13.8. The second-order valence-electron chi connectivity index (χ2n) is 29.8. The van der Waals surface area contributed by atoms with Crippen molar-refractivity contribution in [3.05, 3.63) is 187 Å². The number of phenolic OH excluding ortho intramolecular Hbond substituents is 8. The van der Waals surface area contributed by atoms with Crippen LogP contribution in [-0.4, -0.2) is 238 Å². The molecule has 0 aliphatic carbocycles. The number of nitrogens with zero attached hydrogens (tertiary/aromatic N) is 7. The number of likely N-dealkylation sites (tertiary alicyclic amines) is 2. The van der Waals surface area contributed by atoms with Gasteiger partial charge in [0.25, 0.3) is 17.7 Å². The van der Waals surface area contributed by atoms with Gasteiger partial charge in [0, 0.05) is 102 Å². The number of piperazine rings is 1. The molecule has 3 saturated heterocycles. The quantitative estimate of drug-likeness (QED) is 0.0275. The first-order valence-corrected chi connectivity index (χ1v) is 43.6. The van der Waals surface area contributed by atoms with Gasteiger partial charge < -0.3 is 104 Å². The fraction of sp³-hybridized carbons (Fsp3) is 0.435. The number of hydrogen-bond donors (Lipinski definition) is 9.